The standard InChI is InChI=1S/2C9H14BNO3S.2C8H12BNO4S.2C8H12BNO3S/c2*1-4-9(2)6(7(12)14-3)11(5-15-9)8(10)13;2*1-8(3-11)5(6(12)14-2)10(4-15-8)7(9)13;2*1-3-8(2)5(6(11)12)10(4-14-8)7(9)13/h2*6H,4-5H2,1-3H3;2*5,11H,3-4H2,1-2H3;2*5H,3-4H2,1-2H3,(H,11,12). The Balaban J connectivity index is 0.000000528. The molecule has 0 saturated carbocycles. The van der Waals surface area contributed by atoms with Crippen LogP contribution in [0.5, 0.6) is 0 Å². The van der Waals surface area contributed by atoms with Gasteiger partial charge in [-0.2, -0.15) is 0 Å². The minimum absolute atomic E-state index is 0.221. The van der Waals surface area contributed by atoms with Crippen LogP contribution in [0.15, 0.2) is 0 Å². The van der Waals surface area contributed by atoms with E-state index in [9.17, 15) is 67.7 Å². The summed E-state index contributed by atoms with van der Waals surface area (Å²) >= 11 is 8.65. The van der Waals surface area contributed by atoms with Crippen molar-refractivity contribution in [2.24, 2.45) is 0 Å². The lowest BCUT2D eigenvalue weighted by Gasteiger charge is -2.30. The molecule has 26 nitrogen and oxygen atoms in total. The SMILES string of the molecule is [B]C(=O)N1CSC(C)(CC)C1C(=O)O.[B]C(=O)N1CSC(C)(CC)C1C(=O)O.[B]C(=O)N1CSC(C)(CC)C1C(=O)OC.[B]C(=O)N1CSC(C)(CC)C1C(=O)OC.[B]C(=O)N1CSC(C)(CO)C1C(=O)OC.[B]C(=O)N1CSC(C)(CO)C1C(=O)OC. The van der Waals surface area contributed by atoms with Crippen molar-refractivity contribution in [3.8, 4) is 0 Å². The zero-order valence-corrected chi connectivity index (χ0v) is 56.8. The summed E-state index contributed by atoms with van der Waals surface area (Å²) in [4.78, 5) is 142. The van der Waals surface area contributed by atoms with Crippen molar-refractivity contribution in [3.63, 3.8) is 0 Å². The number of aliphatic carboxylic acids is 2. The molecule has 6 aliphatic heterocycles. The Bertz CT molecular complexity index is 2280. The maximum absolute atomic E-state index is 11.6. The van der Waals surface area contributed by atoms with E-state index in [4.69, 9.17) is 66.8 Å². The van der Waals surface area contributed by atoms with Gasteiger partial charge in [-0.3, -0.25) is 28.8 Å². The topological polar surface area (TPSA) is 342 Å². The molecule has 0 aliphatic carbocycles. The van der Waals surface area contributed by atoms with Crippen molar-refractivity contribution in [2.45, 2.75) is 160 Å². The van der Waals surface area contributed by atoms with Crippen molar-refractivity contribution in [3.05, 3.63) is 0 Å². The number of esters is 4. The van der Waals surface area contributed by atoms with Gasteiger partial charge in [-0.15, -0.1) is 70.6 Å². The Labute approximate surface area is 547 Å². The van der Waals surface area contributed by atoms with Crippen LogP contribution < -0.4 is 0 Å². The van der Waals surface area contributed by atoms with Crippen LogP contribution in [0.25, 0.3) is 0 Å². The van der Waals surface area contributed by atoms with E-state index in [0.29, 0.717) is 36.3 Å². The van der Waals surface area contributed by atoms with Crippen molar-refractivity contribution < 1.29 is 96.9 Å². The molecule has 6 fully saturated rings. The number of carbonyl (C=O) groups is 12. The molecule has 12 atom stereocenters. The Morgan fingerprint density at radius 1 is 0.341 bits per heavy atom. The van der Waals surface area contributed by atoms with Crippen LogP contribution in [-0.4, -0.2) is 309 Å². The van der Waals surface area contributed by atoms with Crippen LogP contribution in [0.1, 0.15) is 94.9 Å². The van der Waals surface area contributed by atoms with Gasteiger partial charge in [0.05, 0.1) is 86.4 Å². The van der Waals surface area contributed by atoms with Crippen LogP contribution in [0.2, 0.25) is 0 Å². The smallest absolute Gasteiger partial charge is 0.330 e. The molecule has 6 rings (SSSR count). The highest BCUT2D eigenvalue weighted by Gasteiger charge is 2.54. The number of hydrogen-bond acceptors (Lipinski definition) is 24. The summed E-state index contributed by atoms with van der Waals surface area (Å²) < 4.78 is 15.7. The van der Waals surface area contributed by atoms with E-state index in [1.807, 2.05) is 55.4 Å². The number of amides is 6. The van der Waals surface area contributed by atoms with Crippen LogP contribution in [0, 0.1) is 0 Å². The normalized spacial score (nSPS) is 30.8. The van der Waals surface area contributed by atoms with Gasteiger partial charge < -0.3 is 68.8 Å². The first-order chi connectivity index (χ1) is 40.7. The molecule has 0 aromatic carbocycles. The molecule has 12 unspecified atom stereocenters. The second-order valence-corrected chi connectivity index (χ2v) is 30.2. The number of carboxylic acids is 2. The lowest BCUT2D eigenvalue weighted by Crippen LogP contribution is -2.51. The number of nitrogens with zero attached hydrogens (tertiary/aromatic N) is 6. The minimum atomic E-state index is -0.988. The molecule has 6 heterocycles. The van der Waals surface area contributed by atoms with Gasteiger partial charge in [0.25, 0.3) is 0 Å². The van der Waals surface area contributed by atoms with Gasteiger partial charge in [0.2, 0.25) is 47.1 Å². The van der Waals surface area contributed by atoms with Gasteiger partial charge in [-0.05, 0) is 67.2 Å². The summed E-state index contributed by atoms with van der Waals surface area (Å²) in [6, 6.07) is -4.42. The summed E-state index contributed by atoms with van der Waals surface area (Å²) in [7, 11) is 36.1. The van der Waals surface area contributed by atoms with Crippen LogP contribution in [0.4, 0.5) is 28.8 Å². The number of carboxylic acid groups (broad SMARTS) is 2. The van der Waals surface area contributed by atoms with Gasteiger partial charge >= 0.3 is 35.8 Å². The number of ether oxygens (including phenoxy) is 4. The maximum Gasteiger partial charge on any atom is 0.330 e. The van der Waals surface area contributed by atoms with Gasteiger partial charge in [0.15, 0.2) is 34.8 Å². The number of thioether (sulfide) groups is 6. The third-order valence-corrected chi connectivity index (χ3v) is 25.0. The summed E-state index contributed by atoms with van der Waals surface area (Å²) in [5.74, 6) is -5.57. The lowest BCUT2D eigenvalue weighted by molar-refractivity contribution is -0.147. The highest BCUT2D eigenvalue weighted by atomic mass is 32.2. The summed E-state index contributed by atoms with van der Waals surface area (Å²) in [5, 5.41) is 36.5. The zero-order valence-electron chi connectivity index (χ0n) is 51.9. The van der Waals surface area contributed by atoms with E-state index >= 15 is 0 Å². The summed E-state index contributed by atoms with van der Waals surface area (Å²) in [5.41, 5.74) is 0. The molecule has 6 aliphatic rings. The highest BCUT2D eigenvalue weighted by Crippen LogP contribution is 2.46. The minimum Gasteiger partial charge on any atom is -0.480 e. The van der Waals surface area contributed by atoms with Gasteiger partial charge in [-0.1, -0.05) is 27.7 Å². The molecule has 0 aromatic rings. The van der Waals surface area contributed by atoms with Gasteiger partial charge in [-0.25, -0.2) is 28.8 Å². The molecule has 0 aromatic heterocycles. The molecule has 0 bridgehead atoms. The lowest BCUT2D eigenvalue weighted by atomic mass is 9.95. The number of aliphatic hydroxyl groups excluding tert-OH is 2. The van der Waals surface area contributed by atoms with Crippen molar-refractivity contribution in [2.75, 3.05) is 76.9 Å². The molecule has 480 valence electrons. The molecular weight excluding hydrogens is 1260 g/mol. The summed E-state index contributed by atoms with van der Waals surface area (Å²) in [6.07, 6.45) is 2.94. The van der Waals surface area contributed by atoms with Crippen LogP contribution in [-0.2, 0) is 47.7 Å². The Morgan fingerprint density at radius 3 is 0.625 bits per heavy atom. The average molecular weight is 1340 g/mol. The van der Waals surface area contributed by atoms with Crippen LogP contribution >= 0.6 is 70.6 Å². The second kappa shape index (κ2) is 35.2. The maximum atomic E-state index is 11.6. The zero-order chi connectivity index (χ0) is 68.4. The van der Waals surface area contributed by atoms with Crippen LogP contribution in [0.3, 0.4) is 0 Å². The Hall–Kier alpha value is -3.95. The molecule has 88 heavy (non-hydrogen) atoms. The first kappa shape index (κ1) is 82.1. The average Bonchev–Trinajstić information content (AvgIpc) is 2.60. The van der Waals surface area contributed by atoms with Gasteiger partial charge in [0.1, 0.15) is 36.3 Å². The molecule has 4 N–H and O–H groups in total. The molecule has 38 heteroatoms. The van der Waals surface area contributed by atoms with E-state index in [1.165, 1.54) is 105 Å². The molecular formula is C50H76B6N6O20S6. The Morgan fingerprint density at radius 2 is 0.489 bits per heavy atom. The third-order valence-electron chi connectivity index (χ3n) is 15.8. The number of carbonyl (C=O) groups excluding carboxylic acids is 10. The fourth-order valence-electron chi connectivity index (χ4n) is 9.53. The first-order valence-corrected chi connectivity index (χ1v) is 32.8. The molecule has 6 saturated heterocycles. The van der Waals surface area contributed by atoms with E-state index in [2.05, 4.69) is 9.47 Å². The van der Waals surface area contributed by atoms with E-state index in [-0.39, 0.29) is 34.5 Å². The molecule has 6 amide bonds. The van der Waals surface area contributed by atoms with E-state index in [1.54, 1.807) is 37.4 Å². The fourth-order valence-corrected chi connectivity index (χ4v) is 17.1. The highest BCUT2D eigenvalue weighted by molar-refractivity contribution is 8.02. The van der Waals surface area contributed by atoms with E-state index in [0.717, 1.165) is 12.8 Å². The predicted molar refractivity (Wildman–Crippen MR) is 345 cm³/mol. The number of hydrogen-bond donors (Lipinski definition) is 4. The largest absolute Gasteiger partial charge is 0.480 e. The third kappa shape index (κ3) is 19.5. The summed E-state index contributed by atoms with van der Waals surface area (Å²) in [6.45, 7) is 18.3. The van der Waals surface area contributed by atoms with E-state index < -0.39 is 126 Å². The fraction of sp³-hybridized carbons (Fsp3) is 0.760. The molecule has 12 radical (unpaired) electrons. The number of rotatable bonds is 12. The quantitative estimate of drug-likeness (QED) is 0.124. The van der Waals surface area contributed by atoms with Crippen molar-refractivity contribution >= 4 is 188 Å². The Kier molecular flexibility index (Phi) is 32.8. The number of methoxy groups -OCH3 is 4. The van der Waals surface area contributed by atoms with Gasteiger partial charge in [0, 0.05) is 19.0 Å². The predicted octanol–water partition coefficient (Wildman–Crippen LogP) is 2.94. The molecule has 0 spiro atoms. The van der Waals surface area contributed by atoms with Crippen molar-refractivity contribution in [1.29, 1.82) is 0 Å². The van der Waals surface area contributed by atoms with Crippen molar-refractivity contribution in [1.82, 2.24) is 29.4 Å². The monoisotopic (exact) mass is 1340 g/mol. The second-order valence-electron chi connectivity index (χ2n) is 21.3. The number of aliphatic hydroxyl groups is 2. The first-order valence-electron chi connectivity index (χ1n) is 26.9.